The zero-order valence-electron chi connectivity index (χ0n) is 9.42. The Bertz CT molecular complexity index is 222. The van der Waals surface area contributed by atoms with E-state index in [9.17, 15) is 0 Å². The van der Waals surface area contributed by atoms with Crippen molar-refractivity contribution in [1.29, 1.82) is 0 Å². The van der Waals surface area contributed by atoms with Crippen LogP contribution in [0, 0.1) is 0 Å². The summed E-state index contributed by atoms with van der Waals surface area (Å²) in [6.45, 7) is 8.18. The van der Waals surface area contributed by atoms with E-state index in [1.54, 1.807) is 5.57 Å². The predicted molar refractivity (Wildman–Crippen MR) is 60.4 cm³/mol. The van der Waals surface area contributed by atoms with Crippen molar-refractivity contribution in [2.24, 2.45) is 0 Å². The fourth-order valence-corrected chi connectivity index (χ4v) is 2.46. The Morgan fingerprint density at radius 3 is 3.07 bits per heavy atom. The summed E-state index contributed by atoms with van der Waals surface area (Å²) in [5.74, 6) is 0. The van der Waals surface area contributed by atoms with E-state index in [2.05, 4.69) is 30.1 Å². The lowest BCUT2D eigenvalue weighted by molar-refractivity contribution is 0.158. The molecule has 1 aliphatic heterocycles. The van der Waals surface area contributed by atoms with Gasteiger partial charge in [-0.05, 0) is 33.1 Å². The highest BCUT2D eigenvalue weighted by Crippen LogP contribution is 2.20. The third-order valence-corrected chi connectivity index (χ3v) is 3.43. The van der Waals surface area contributed by atoms with Crippen molar-refractivity contribution >= 4 is 0 Å². The molecule has 0 saturated carbocycles. The topological polar surface area (TPSA) is 15.3 Å². The molecule has 0 aromatic carbocycles. The summed E-state index contributed by atoms with van der Waals surface area (Å²) in [6.07, 6.45) is 6.47. The van der Waals surface area contributed by atoms with Crippen LogP contribution in [0.3, 0.4) is 0 Å². The van der Waals surface area contributed by atoms with Crippen molar-refractivity contribution in [3.05, 3.63) is 11.6 Å². The van der Waals surface area contributed by atoms with Gasteiger partial charge in [-0.3, -0.25) is 4.90 Å². The van der Waals surface area contributed by atoms with Crippen LogP contribution < -0.4 is 5.32 Å². The van der Waals surface area contributed by atoms with E-state index in [0.717, 1.165) is 6.54 Å². The van der Waals surface area contributed by atoms with Gasteiger partial charge in [0.1, 0.15) is 0 Å². The molecule has 2 heteroatoms. The first-order valence-electron chi connectivity index (χ1n) is 5.91. The first-order valence-corrected chi connectivity index (χ1v) is 5.91. The molecular formula is C12H22N2. The SMILES string of the molecule is CC1CN(CC2=CCCC2)C(C)CN1. The molecule has 2 aliphatic rings. The summed E-state index contributed by atoms with van der Waals surface area (Å²) in [7, 11) is 0. The Balaban J connectivity index is 1.88. The van der Waals surface area contributed by atoms with Crippen LogP contribution in [0.4, 0.5) is 0 Å². The van der Waals surface area contributed by atoms with Gasteiger partial charge >= 0.3 is 0 Å². The number of nitrogens with one attached hydrogen (secondary N) is 1. The Labute approximate surface area is 87.4 Å². The summed E-state index contributed by atoms with van der Waals surface area (Å²) >= 11 is 0. The normalized spacial score (nSPS) is 34.6. The van der Waals surface area contributed by atoms with Gasteiger partial charge < -0.3 is 5.32 Å². The van der Waals surface area contributed by atoms with E-state index in [-0.39, 0.29) is 0 Å². The van der Waals surface area contributed by atoms with Crippen molar-refractivity contribution in [2.45, 2.75) is 45.2 Å². The molecule has 0 aromatic heterocycles. The van der Waals surface area contributed by atoms with Crippen LogP contribution in [-0.2, 0) is 0 Å². The fraction of sp³-hybridized carbons (Fsp3) is 0.833. The van der Waals surface area contributed by atoms with Crippen molar-refractivity contribution in [3.8, 4) is 0 Å². The predicted octanol–water partition coefficient (Wildman–Crippen LogP) is 1.78. The molecule has 14 heavy (non-hydrogen) atoms. The molecular weight excluding hydrogens is 172 g/mol. The van der Waals surface area contributed by atoms with Crippen LogP contribution in [-0.4, -0.2) is 36.6 Å². The fourth-order valence-electron chi connectivity index (χ4n) is 2.46. The second kappa shape index (κ2) is 4.45. The summed E-state index contributed by atoms with van der Waals surface area (Å²) in [4.78, 5) is 2.62. The molecule has 0 spiro atoms. The Morgan fingerprint density at radius 1 is 1.50 bits per heavy atom. The third kappa shape index (κ3) is 2.37. The van der Waals surface area contributed by atoms with Gasteiger partial charge in [-0.15, -0.1) is 0 Å². The average Bonchev–Trinajstić information content (AvgIpc) is 2.64. The second-order valence-electron chi connectivity index (χ2n) is 4.84. The van der Waals surface area contributed by atoms with Crippen LogP contribution in [0.5, 0.6) is 0 Å². The van der Waals surface area contributed by atoms with Crippen molar-refractivity contribution in [3.63, 3.8) is 0 Å². The van der Waals surface area contributed by atoms with Crippen LogP contribution in [0.1, 0.15) is 33.1 Å². The standard InChI is InChI=1S/C12H22N2/c1-10-8-14(11(2)7-13-10)9-12-5-3-4-6-12/h5,10-11,13H,3-4,6-9H2,1-2H3. The van der Waals surface area contributed by atoms with Crippen molar-refractivity contribution in [2.75, 3.05) is 19.6 Å². The second-order valence-corrected chi connectivity index (χ2v) is 4.84. The number of rotatable bonds is 2. The largest absolute Gasteiger partial charge is 0.311 e. The average molecular weight is 194 g/mol. The molecule has 80 valence electrons. The molecule has 2 unspecified atom stereocenters. The monoisotopic (exact) mass is 194 g/mol. The summed E-state index contributed by atoms with van der Waals surface area (Å²) < 4.78 is 0. The van der Waals surface area contributed by atoms with Gasteiger partial charge in [-0.1, -0.05) is 11.6 Å². The summed E-state index contributed by atoms with van der Waals surface area (Å²) in [5, 5.41) is 3.53. The molecule has 1 saturated heterocycles. The van der Waals surface area contributed by atoms with Gasteiger partial charge in [0, 0.05) is 31.7 Å². The molecule has 0 amide bonds. The van der Waals surface area contributed by atoms with Crippen LogP contribution in [0.25, 0.3) is 0 Å². The molecule has 1 heterocycles. The molecule has 0 bridgehead atoms. The lowest BCUT2D eigenvalue weighted by Crippen LogP contribution is -2.54. The molecule has 2 rings (SSSR count). The van der Waals surface area contributed by atoms with E-state index in [0.29, 0.717) is 12.1 Å². The maximum atomic E-state index is 3.53. The van der Waals surface area contributed by atoms with Crippen molar-refractivity contribution < 1.29 is 0 Å². The van der Waals surface area contributed by atoms with Gasteiger partial charge in [-0.2, -0.15) is 0 Å². The van der Waals surface area contributed by atoms with Crippen LogP contribution in [0.15, 0.2) is 11.6 Å². The van der Waals surface area contributed by atoms with E-state index >= 15 is 0 Å². The minimum Gasteiger partial charge on any atom is -0.311 e. The number of allylic oxidation sites excluding steroid dienone is 1. The van der Waals surface area contributed by atoms with Crippen LogP contribution >= 0.6 is 0 Å². The number of hydrogen-bond donors (Lipinski definition) is 1. The highest BCUT2D eigenvalue weighted by Gasteiger charge is 2.23. The third-order valence-electron chi connectivity index (χ3n) is 3.43. The quantitative estimate of drug-likeness (QED) is 0.674. The lowest BCUT2D eigenvalue weighted by atomic mass is 10.1. The Hall–Kier alpha value is -0.340. The highest BCUT2D eigenvalue weighted by molar-refractivity contribution is 5.10. The van der Waals surface area contributed by atoms with E-state index in [4.69, 9.17) is 0 Å². The van der Waals surface area contributed by atoms with Gasteiger partial charge in [0.2, 0.25) is 0 Å². The maximum absolute atomic E-state index is 3.53. The first-order chi connectivity index (χ1) is 6.75. The summed E-state index contributed by atoms with van der Waals surface area (Å²) in [5.41, 5.74) is 1.67. The lowest BCUT2D eigenvalue weighted by Gasteiger charge is -2.37. The van der Waals surface area contributed by atoms with E-state index in [1.807, 2.05) is 0 Å². The van der Waals surface area contributed by atoms with E-state index < -0.39 is 0 Å². The highest BCUT2D eigenvalue weighted by atomic mass is 15.2. The van der Waals surface area contributed by atoms with Gasteiger partial charge in [0.15, 0.2) is 0 Å². The maximum Gasteiger partial charge on any atom is 0.0196 e. The van der Waals surface area contributed by atoms with Crippen molar-refractivity contribution in [1.82, 2.24) is 10.2 Å². The Kier molecular flexibility index (Phi) is 3.24. The molecule has 1 aliphatic carbocycles. The molecule has 0 radical (unpaired) electrons. The minimum absolute atomic E-state index is 0.660. The van der Waals surface area contributed by atoms with E-state index in [1.165, 1.54) is 32.4 Å². The van der Waals surface area contributed by atoms with Gasteiger partial charge in [0.25, 0.3) is 0 Å². The molecule has 2 atom stereocenters. The number of nitrogens with zero attached hydrogens (tertiary/aromatic N) is 1. The number of hydrogen-bond acceptors (Lipinski definition) is 2. The minimum atomic E-state index is 0.660. The first kappa shape index (κ1) is 10.2. The molecule has 1 fully saturated rings. The van der Waals surface area contributed by atoms with Gasteiger partial charge in [-0.25, -0.2) is 0 Å². The van der Waals surface area contributed by atoms with Gasteiger partial charge in [0.05, 0.1) is 0 Å². The van der Waals surface area contributed by atoms with Crippen LogP contribution in [0.2, 0.25) is 0 Å². The zero-order valence-corrected chi connectivity index (χ0v) is 9.42. The Morgan fingerprint density at radius 2 is 2.36 bits per heavy atom. The molecule has 2 nitrogen and oxygen atoms in total. The number of piperazine rings is 1. The smallest absolute Gasteiger partial charge is 0.0196 e. The summed E-state index contributed by atoms with van der Waals surface area (Å²) in [6, 6.07) is 1.36. The molecule has 0 aromatic rings. The molecule has 1 N–H and O–H groups in total. The zero-order chi connectivity index (χ0) is 9.97.